The molecule has 1 amide bonds. The van der Waals surface area contributed by atoms with Gasteiger partial charge in [-0.2, -0.15) is 0 Å². The van der Waals surface area contributed by atoms with Gasteiger partial charge in [-0.25, -0.2) is 4.98 Å². The first-order valence-electron chi connectivity index (χ1n) is 8.74. The van der Waals surface area contributed by atoms with E-state index < -0.39 is 0 Å². The molecule has 0 spiro atoms. The normalized spacial score (nSPS) is 12.3. The third-order valence-corrected chi connectivity index (χ3v) is 5.26. The zero-order valence-corrected chi connectivity index (χ0v) is 15.9. The predicted molar refractivity (Wildman–Crippen MR) is 107 cm³/mol. The van der Waals surface area contributed by atoms with Crippen LogP contribution in [-0.4, -0.2) is 37.3 Å². The lowest BCUT2D eigenvalue weighted by Gasteiger charge is -2.22. The first-order chi connectivity index (χ1) is 12.6. The molecule has 1 aromatic heterocycles. The van der Waals surface area contributed by atoms with Crippen molar-refractivity contribution in [1.82, 2.24) is 10.3 Å². The van der Waals surface area contributed by atoms with E-state index in [0.717, 1.165) is 15.9 Å². The average molecular weight is 367 g/mol. The molecule has 0 radical (unpaired) electrons. The Hall–Kier alpha value is -2.37. The Morgan fingerprint density at radius 1 is 1.04 bits per heavy atom. The van der Waals surface area contributed by atoms with Gasteiger partial charge < -0.3 is 10.2 Å². The van der Waals surface area contributed by atoms with Crippen molar-refractivity contribution in [3.8, 4) is 0 Å². The van der Waals surface area contributed by atoms with Crippen molar-refractivity contribution < 1.29 is 9.69 Å². The monoisotopic (exact) mass is 366 g/mol. The Bertz CT molecular complexity index is 867. The second kappa shape index (κ2) is 8.83. The Balaban J connectivity index is 1.54. The maximum absolute atomic E-state index is 12.3. The maximum Gasteiger partial charge on any atom is 0.230 e. The van der Waals surface area contributed by atoms with Crippen LogP contribution in [-0.2, 0) is 4.79 Å². The fraction of sp³-hybridized carbons (Fsp3) is 0.238. The summed E-state index contributed by atoms with van der Waals surface area (Å²) >= 11 is 1.47. The van der Waals surface area contributed by atoms with Crippen LogP contribution < -0.4 is 10.2 Å². The van der Waals surface area contributed by atoms with Crippen molar-refractivity contribution in [2.24, 2.45) is 0 Å². The van der Waals surface area contributed by atoms with Crippen LogP contribution in [0.15, 0.2) is 71.8 Å². The van der Waals surface area contributed by atoms with Gasteiger partial charge in [-0.05, 0) is 12.1 Å². The number of aromatic nitrogens is 1. The summed E-state index contributed by atoms with van der Waals surface area (Å²) in [6, 6.07) is 22.6. The van der Waals surface area contributed by atoms with E-state index in [1.807, 2.05) is 54.6 Å². The number of quaternary nitrogens is 1. The first kappa shape index (κ1) is 18.4. The molecule has 0 aliphatic carbocycles. The minimum atomic E-state index is 0.0344. The lowest BCUT2D eigenvalue weighted by Crippen LogP contribution is -3.07. The number of fused-ring (bicyclic) bond motifs is 1. The molecule has 5 heteroatoms. The largest absolute Gasteiger partial charge is 0.349 e. The zero-order chi connectivity index (χ0) is 18.4. The van der Waals surface area contributed by atoms with Gasteiger partial charge >= 0.3 is 0 Å². The molecule has 3 rings (SSSR count). The molecule has 134 valence electrons. The second-order valence-electron chi connectivity index (χ2n) is 6.48. The Morgan fingerprint density at radius 2 is 1.77 bits per heavy atom. The van der Waals surface area contributed by atoms with Crippen LogP contribution in [0.5, 0.6) is 0 Å². The van der Waals surface area contributed by atoms with Gasteiger partial charge in [0.05, 0.1) is 36.9 Å². The lowest BCUT2D eigenvalue weighted by atomic mass is 10.1. The molecule has 1 atom stereocenters. The first-order valence-corrected chi connectivity index (χ1v) is 9.72. The third-order valence-electron chi connectivity index (χ3n) is 4.33. The molecule has 0 aliphatic rings. The molecular weight excluding hydrogens is 342 g/mol. The molecule has 0 fully saturated rings. The number of para-hydroxylation sites is 1. The average Bonchev–Trinajstić information content (AvgIpc) is 2.67. The number of carbonyl (C=O) groups excluding carboxylic acids is 1. The van der Waals surface area contributed by atoms with E-state index >= 15 is 0 Å². The van der Waals surface area contributed by atoms with Crippen LogP contribution in [0.25, 0.3) is 10.9 Å². The van der Waals surface area contributed by atoms with E-state index in [4.69, 9.17) is 0 Å². The summed E-state index contributed by atoms with van der Waals surface area (Å²) in [7, 11) is 4.22. The Kier molecular flexibility index (Phi) is 6.26. The van der Waals surface area contributed by atoms with E-state index in [1.54, 1.807) is 0 Å². The molecule has 1 heterocycles. The number of hydrogen-bond donors (Lipinski definition) is 2. The molecular formula is C21H24N3OS+. The molecule has 0 bridgehead atoms. The number of nitrogens with one attached hydrogen (secondary N) is 2. The maximum atomic E-state index is 12.3. The fourth-order valence-electron chi connectivity index (χ4n) is 2.87. The Labute approximate surface area is 158 Å². The summed E-state index contributed by atoms with van der Waals surface area (Å²) in [5.41, 5.74) is 2.19. The molecule has 0 unspecified atom stereocenters. The highest BCUT2D eigenvalue weighted by molar-refractivity contribution is 7.99. The molecule has 0 saturated heterocycles. The molecule has 3 aromatic rings. The van der Waals surface area contributed by atoms with E-state index in [-0.39, 0.29) is 11.9 Å². The van der Waals surface area contributed by atoms with Gasteiger partial charge in [0, 0.05) is 10.9 Å². The van der Waals surface area contributed by atoms with E-state index in [9.17, 15) is 4.79 Å². The lowest BCUT2D eigenvalue weighted by molar-refractivity contribution is -0.890. The van der Waals surface area contributed by atoms with Gasteiger partial charge in [0.1, 0.15) is 6.04 Å². The summed E-state index contributed by atoms with van der Waals surface area (Å²) in [5.74, 6) is 0.405. The predicted octanol–water partition coefficient (Wildman–Crippen LogP) is 2.33. The van der Waals surface area contributed by atoms with Crippen molar-refractivity contribution in [2.75, 3.05) is 26.4 Å². The molecule has 2 N–H and O–H groups in total. The number of rotatable bonds is 7. The quantitative estimate of drug-likeness (QED) is 0.631. The summed E-state index contributed by atoms with van der Waals surface area (Å²) < 4.78 is 0. The summed E-state index contributed by atoms with van der Waals surface area (Å²) in [4.78, 5) is 18.2. The highest BCUT2D eigenvalue weighted by Crippen LogP contribution is 2.19. The van der Waals surface area contributed by atoms with Crippen LogP contribution in [0.1, 0.15) is 11.6 Å². The number of amides is 1. The van der Waals surface area contributed by atoms with Crippen molar-refractivity contribution >= 4 is 28.6 Å². The summed E-state index contributed by atoms with van der Waals surface area (Å²) in [6.45, 7) is 0.622. The number of benzene rings is 2. The molecule has 26 heavy (non-hydrogen) atoms. The van der Waals surface area contributed by atoms with Crippen molar-refractivity contribution in [2.45, 2.75) is 11.1 Å². The highest BCUT2D eigenvalue weighted by atomic mass is 32.2. The molecule has 2 aromatic carbocycles. The minimum Gasteiger partial charge on any atom is -0.349 e. The SMILES string of the molecule is C[NH+](C)[C@@H](CNC(=O)CSc1ccc2ccccc2n1)c1ccccc1. The number of pyridine rings is 1. The number of nitrogens with zero attached hydrogens (tertiary/aromatic N) is 1. The van der Waals surface area contributed by atoms with Gasteiger partial charge in [-0.15, -0.1) is 0 Å². The highest BCUT2D eigenvalue weighted by Gasteiger charge is 2.18. The molecule has 0 saturated carbocycles. The van der Waals surface area contributed by atoms with Crippen LogP contribution >= 0.6 is 11.8 Å². The van der Waals surface area contributed by atoms with Crippen molar-refractivity contribution in [3.63, 3.8) is 0 Å². The van der Waals surface area contributed by atoms with Gasteiger partial charge in [0.15, 0.2) is 0 Å². The number of hydrogen-bond acceptors (Lipinski definition) is 3. The molecule has 0 aliphatic heterocycles. The number of carbonyl (C=O) groups is 1. The second-order valence-corrected chi connectivity index (χ2v) is 7.47. The van der Waals surface area contributed by atoms with E-state index in [0.29, 0.717) is 12.3 Å². The van der Waals surface area contributed by atoms with Crippen molar-refractivity contribution in [3.05, 3.63) is 72.3 Å². The zero-order valence-electron chi connectivity index (χ0n) is 15.1. The Morgan fingerprint density at radius 3 is 2.54 bits per heavy atom. The van der Waals surface area contributed by atoms with Crippen molar-refractivity contribution in [1.29, 1.82) is 0 Å². The number of likely N-dealkylation sites (N-methyl/N-ethyl adjacent to an activating group) is 1. The molecule has 4 nitrogen and oxygen atoms in total. The van der Waals surface area contributed by atoms with Crippen LogP contribution in [0.3, 0.4) is 0 Å². The van der Waals surface area contributed by atoms with Gasteiger partial charge in [-0.1, -0.05) is 66.4 Å². The van der Waals surface area contributed by atoms with Crippen LogP contribution in [0, 0.1) is 0 Å². The third kappa shape index (κ3) is 4.84. The summed E-state index contributed by atoms with van der Waals surface area (Å²) in [6.07, 6.45) is 0. The smallest absolute Gasteiger partial charge is 0.230 e. The van der Waals surface area contributed by atoms with E-state index in [2.05, 4.69) is 36.5 Å². The topological polar surface area (TPSA) is 46.4 Å². The fourth-order valence-corrected chi connectivity index (χ4v) is 3.58. The number of thioether (sulfide) groups is 1. The van der Waals surface area contributed by atoms with Crippen LogP contribution in [0.2, 0.25) is 0 Å². The van der Waals surface area contributed by atoms with Gasteiger partial charge in [0.25, 0.3) is 0 Å². The summed E-state index contributed by atoms with van der Waals surface area (Å²) in [5, 5.41) is 5.05. The van der Waals surface area contributed by atoms with E-state index in [1.165, 1.54) is 22.2 Å². The van der Waals surface area contributed by atoms with Crippen LogP contribution in [0.4, 0.5) is 0 Å². The van der Waals surface area contributed by atoms with Gasteiger partial charge in [0.2, 0.25) is 5.91 Å². The standard InChI is InChI=1S/C21H23N3OS/c1-24(2)19(17-9-4-3-5-10-17)14-22-20(25)15-26-21-13-12-16-8-6-7-11-18(16)23-21/h3-13,19H,14-15H2,1-2H3,(H,22,25)/p+1/t19-/m0/s1. The van der Waals surface area contributed by atoms with Gasteiger partial charge in [-0.3, -0.25) is 4.79 Å². The minimum absolute atomic E-state index is 0.0344.